The number of nitriles is 1. The molecule has 1 amide bonds. The lowest BCUT2D eigenvalue weighted by Gasteiger charge is -2.27. The maximum atomic E-state index is 12.0. The minimum atomic E-state index is -0.692. The molecule has 0 saturated heterocycles. The number of rotatable bonds is 9. The van der Waals surface area contributed by atoms with E-state index in [0.29, 0.717) is 23.4 Å². The highest BCUT2D eigenvalue weighted by Gasteiger charge is 2.25. The summed E-state index contributed by atoms with van der Waals surface area (Å²) in [4.78, 5) is 12.0. The van der Waals surface area contributed by atoms with Crippen LogP contribution in [0.3, 0.4) is 0 Å². The molecule has 1 heterocycles. The van der Waals surface area contributed by atoms with E-state index in [4.69, 9.17) is 25.8 Å². The summed E-state index contributed by atoms with van der Waals surface area (Å²) in [5.74, 6) is 6.12. The van der Waals surface area contributed by atoms with E-state index in [0.717, 1.165) is 5.57 Å². The normalized spacial score (nSPS) is 15.1. The van der Waals surface area contributed by atoms with E-state index in [1.807, 2.05) is 26.0 Å². The lowest BCUT2D eigenvalue weighted by molar-refractivity contribution is 0.0989. The van der Waals surface area contributed by atoms with Gasteiger partial charge in [0.15, 0.2) is 0 Å². The topological polar surface area (TPSA) is 124 Å². The second-order valence-corrected chi connectivity index (χ2v) is 7.32. The van der Waals surface area contributed by atoms with Gasteiger partial charge in [-0.2, -0.15) is 5.26 Å². The predicted octanol–water partition coefficient (Wildman–Crippen LogP) is 2.90. The number of allylic oxidation sites excluding steroid dienone is 5. The number of nitrogens with two attached hydrogens (primary N) is 2. The van der Waals surface area contributed by atoms with Crippen LogP contribution in [0.2, 0.25) is 0 Å². The second kappa shape index (κ2) is 9.98. The van der Waals surface area contributed by atoms with Crippen molar-refractivity contribution in [2.75, 3.05) is 27.4 Å². The number of hydrogen-bond donors (Lipinski definition) is 2. The predicted molar refractivity (Wildman–Crippen MR) is 119 cm³/mol. The number of carbonyl (C=O) groups is 1. The van der Waals surface area contributed by atoms with Crippen molar-refractivity contribution >= 4 is 11.5 Å². The fourth-order valence-corrected chi connectivity index (χ4v) is 3.05. The summed E-state index contributed by atoms with van der Waals surface area (Å²) in [6, 6.07) is 5.62. The van der Waals surface area contributed by atoms with Crippen LogP contribution in [0.5, 0.6) is 11.5 Å². The Kier molecular flexibility index (Phi) is 7.64. The van der Waals surface area contributed by atoms with Crippen LogP contribution in [0.15, 0.2) is 54.4 Å². The van der Waals surface area contributed by atoms with Gasteiger partial charge in [-0.15, -0.1) is 0 Å². The molecule has 0 spiro atoms. The van der Waals surface area contributed by atoms with Gasteiger partial charge < -0.3 is 19.9 Å². The van der Waals surface area contributed by atoms with Crippen molar-refractivity contribution in [2.45, 2.75) is 13.8 Å². The maximum Gasteiger partial charge on any atom is 0.256 e. The molecule has 0 radical (unpaired) electrons. The van der Waals surface area contributed by atoms with E-state index in [9.17, 15) is 10.1 Å². The second-order valence-electron chi connectivity index (χ2n) is 7.32. The molecule has 8 heteroatoms. The van der Waals surface area contributed by atoms with Crippen LogP contribution in [-0.4, -0.2) is 38.3 Å². The highest BCUT2D eigenvalue weighted by molar-refractivity contribution is 5.99. The van der Waals surface area contributed by atoms with Crippen LogP contribution in [0.25, 0.3) is 5.57 Å². The van der Waals surface area contributed by atoms with Crippen molar-refractivity contribution in [3.63, 3.8) is 0 Å². The Morgan fingerprint density at radius 1 is 1.26 bits per heavy atom. The summed E-state index contributed by atoms with van der Waals surface area (Å²) in [5, 5.41) is 10.8. The summed E-state index contributed by atoms with van der Waals surface area (Å²) in [5.41, 5.74) is 7.75. The van der Waals surface area contributed by atoms with E-state index in [2.05, 4.69) is 12.6 Å². The number of primary amides is 1. The molecular weight excluding hydrogens is 396 g/mol. The third-order valence-corrected chi connectivity index (χ3v) is 4.85. The van der Waals surface area contributed by atoms with Gasteiger partial charge in [0.25, 0.3) is 5.91 Å². The molecule has 1 aromatic carbocycles. The molecule has 0 bridgehead atoms. The van der Waals surface area contributed by atoms with Gasteiger partial charge in [-0.1, -0.05) is 18.7 Å². The largest absolute Gasteiger partial charge is 0.496 e. The van der Waals surface area contributed by atoms with Crippen molar-refractivity contribution < 1.29 is 19.0 Å². The van der Waals surface area contributed by atoms with Gasteiger partial charge >= 0.3 is 0 Å². The number of hydrazine groups is 1. The minimum absolute atomic E-state index is 0.137. The molecular formula is C23H28N4O4. The molecule has 0 aromatic heterocycles. The van der Waals surface area contributed by atoms with Gasteiger partial charge in [0.2, 0.25) is 0 Å². The van der Waals surface area contributed by atoms with E-state index in [1.165, 1.54) is 12.1 Å². The number of nitrogens with zero attached hydrogens (tertiary/aromatic N) is 2. The zero-order chi connectivity index (χ0) is 23.2. The summed E-state index contributed by atoms with van der Waals surface area (Å²) in [6.07, 6.45) is 7.00. The van der Waals surface area contributed by atoms with Gasteiger partial charge in [0.05, 0.1) is 30.9 Å². The number of methoxy groups -OCH3 is 2. The first-order valence-electron chi connectivity index (χ1n) is 9.56. The van der Waals surface area contributed by atoms with Crippen LogP contribution in [0.1, 0.15) is 29.8 Å². The van der Waals surface area contributed by atoms with Crippen molar-refractivity contribution in [1.82, 2.24) is 5.01 Å². The zero-order valence-corrected chi connectivity index (χ0v) is 18.3. The number of hydrogen-bond acceptors (Lipinski definition) is 7. The molecule has 4 N–H and O–H groups in total. The number of ether oxygens (including phenoxy) is 3. The molecule has 31 heavy (non-hydrogen) atoms. The molecule has 1 aromatic rings. The quantitative estimate of drug-likeness (QED) is 0.461. The highest BCUT2D eigenvalue weighted by Crippen LogP contribution is 2.37. The third-order valence-electron chi connectivity index (χ3n) is 4.85. The molecule has 1 aliphatic heterocycles. The lowest BCUT2D eigenvalue weighted by Crippen LogP contribution is -2.29. The first kappa shape index (κ1) is 23.7. The van der Waals surface area contributed by atoms with E-state index >= 15 is 0 Å². The molecule has 2 rings (SSSR count). The Labute approximate surface area is 182 Å². The molecule has 0 aliphatic carbocycles. The molecule has 0 fully saturated rings. The van der Waals surface area contributed by atoms with Gasteiger partial charge in [0.1, 0.15) is 23.7 Å². The number of benzene rings is 1. The smallest absolute Gasteiger partial charge is 0.256 e. The average molecular weight is 425 g/mol. The maximum absolute atomic E-state index is 12.0. The third kappa shape index (κ3) is 5.15. The van der Waals surface area contributed by atoms with Gasteiger partial charge in [-0.25, -0.2) is 5.84 Å². The Morgan fingerprint density at radius 2 is 1.94 bits per heavy atom. The van der Waals surface area contributed by atoms with Crippen LogP contribution in [-0.2, 0) is 4.74 Å². The van der Waals surface area contributed by atoms with Crippen molar-refractivity contribution in [3.05, 3.63) is 65.5 Å². The molecule has 1 aliphatic rings. The molecule has 164 valence electrons. The molecule has 0 saturated carbocycles. The van der Waals surface area contributed by atoms with Crippen molar-refractivity contribution in [1.29, 1.82) is 5.26 Å². The first-order chi connectivity index (χ1) is 14.7. The summed E-state index contributed by atoms with van der Waals surface area (Å²) < 4.78 is 16.1. The van der Waals surface area contributed by atoms with Gasteiger partial charge in [0, 0.05) is 18.9 Å². The monoisotopic (exact) mass is 424 g/mol. The minimum Gasteiger partial charge on any atom is -0.496 e. The zero-order valence-electron chi connectivity index (χ0n) is 18.3. The van der Waals surface area contributed by atoms with E-state index in [1.54, 1.807) is 31.5 Å². The SMILES string of the molecule is C=C/C(=C1/C=CC(C(C)(C)C#N)=CN1N)c1cc(OC)c(C(N)=O)c(OCCOC)c1. The van der Waals surface area contributed by atoms with Crippen molar-refractivity contribution in [2.24, 2.45) is 17.0 Å². The number of carbonyl (C=O) groups excluding carboxylic acids is 1. The van der Waals surface area contributed by atoms with E-state index < -0.39 is 11.3 Å². The number of amides is 1. The Morgan fingerprint density at radius 3 is 2.45 bits per heavy atom. The average Bonchev–Trinajstić information content (AvgIpc) is 2.74. The summed E-state index contributed by atoms with van der Waals surface area (Å²) in [7, 11) is 3.00. The Bertz CT molecular complexity index is 1000. The van der Waals surface area contributed by atoms with Crippen molar-refractivity contribution in [3.8, 4) is 17.6 Å². The lowest BCUT2D eigenvalue weighted by atomic mass is 9.84. The van der Waals surface area contributed by atoms with Gasteiger partial charge in [-0.3, -0.25) is 9.80 Å². The van der Waals surface area contributed by atoms with Crippen LogP contribution in [0.4, 0.5) is 0 Å². The Balaban J connectivity index is 2.61. The molecule has 8 nitrogen and oxygen atoms in total. The standard InChI is InChI=1S/C23H28N4O4/c1-6-17(18-8-7-16(13-27(18)26)23(2,3)14-24)15-11-19(30-5)21(22(25)28)20(12-15)31-10-9-29-4/h6-8,11-13H,1,9-10,26H2,2-5H3,(H2,25,28)/b18-17+. The fourth-order valence-electron chi connectivity index (χ4n) is 3.05. The van der Waals surface area contributed by atoms with Crippen LogP contribution < -0.4 is 21.1 Å². The molecule has 0 atom stereocenters. The molecule has 0 unspecified atom stereocenters. The van der Waals surface area contributed by atoms with Gasteiger partial charge in [-0.05, 0) is 43.2 Å². The van der Waals surface area contributed by atoms with Crippen LogP contribution in [0, 0.1) is 16.7 Å². The Hall–Kier alpha value is -3.54. The van der Waals surface area contributed by atoms with E-state index in [-0.39, 0.29) is 23.7 Å². The summed E-state index contributed by atoms with van der Waals surface area (Å²) in [6.45, 7) is 8.10. The highest BCUT2D eigenvalue weighted by atomic mass is 16.5. The summed E-state index contributed by atoms with van der Waals surface area (Å²) >= 11 is 0. The first-order valence-corrected chi connectivity index (χ1v) is 9.56. The fraction of sp³-hybridized carbons (Fsp3) is 0.304. The van der Waals surface area contributed by atoms with Crippen LogP contribution >= 0.6 is 0 Å².